The van der Waals surface area contributed by atoms with Crippen molar-refractivity contribution >= 4 is 11.3 Å². The van der Waals surface area contributed by atoms with E-state index in [4.69, 9.17) is 14.1 Å². The predicted octanol–water partition coefficient (Wildman–Crippen LogP) is 6.19. The first-order valence-electron chi connectivity index (χ1n) is 12.0. The van der Waals surface area contributed by atoms with Crippen LogP contribution in [-0.2, 0) is 24.2 Å². The van der Waals surface area contributed by atoms with E-state index in [1.54, 1.807) is 0 Å². The highest BCUT2D eigenvalue weighted by Crippen LogP contribution is 2.32. The summed E-state index contributed by atoms with van der Waals surface area (Å²) in [5.41, 5.74) is 3.19. The maximum absolute atomic E-state index is 11.4. The van der Waals surface area contributed by atoms with Gasteiger partial charge in [-0.3, -0.25) is 9.78 Å². The van der Waals surface area contributed by atoms with Crippen LogP contribution in [0.25, 0.3) is 11.5 Å². The molecule has 0 radical (unpaired) electrons. The highest BCUT2D eigenvalue weighted by atomic mass is 32.1. The average Bonchev–Trinajstić information content (AvgIpc) is 3.38. The molecule has 0 amide bonds. The summed E-state index contributed by atoms with van der Waals surface area (Å²) in [5, 5.41) is 9.81. The molecule has 0 spiro atoms. The van der Waals surface area contributed by atoms with Crippen molar-refractivity contribution < 1.29 is 14.3 Å². The maximum Gasteiger partial charge on any atom is 0.307 e. The maximum atomic E-state index is 11.4. The van der Waals surface area contributed by atoms with Gasteiger partial charge in [0.15, 0.2) is 0 Å². The topological polar surface area (TPSA) is 88.4 Å². The van der Waals surface area contributed by atoms with Gasteiger partial charge in [0.2, 0.25) is 11.8 Å². The van der Waals surface area contributed by atoms with Crippen LogP contribution in [0, 0.1) is 5.92 Å². The van der Waals surface area contributed by atoms with Crippen LogP contribution in [0.1, 0.15) is 80.7 Å². The van der Waals surface area contributed by atoms with Gasteiger partial charge in [0.25, 0.3) is 0 Å². The van der Waals surface area contributed by atoms with Crippen molar-refractivity contribution in [2.75, 3.05) is 0 Å². The lowest BCUT2D eigenvalue weighted by Gasteiger charge is -2.29. The third-order valence-electron chi connectivity index (χ3n) is 6.59. The normalized spacial score (nSPS) is 18.8. The summed E-state index contributed by atoms with van der Waals surface area (Å²) in [6, 6.07) is 8.44. The van der Waals surface area contributed by atoms with Crippen LogP contribution >= 0.6 is 11.3 Å². The lowest BCUT2D eigenvalue weighted by Crippen LogP contribution is -2.23. The van der Waals surface area contributed by atoms with Gasteiger partial charge in [0.1, 0.15) is 11.5 Å². The minimum atomic E-state index is -0.193. The molecule has 0 aliphatic heterocycles. The van der Waals surface area contributed by atoms with Crippen LogP contribution in [0.3, 0.4) is 0 Å². The fourth-order valence-electron chi connectivity index (χ4n) is 4.62. The van der Waals surface area contributed by atoms with Gasteiger partial charge in [-0.25, -0.2) is 4.98 Å². The number of rotatable bonds is 9. The lowest BCUT2D eigenvalue weighted by molar-refractivity contribution is -0.000589. The quantitative estimate of drug-likeness (QED) is 0.389. The predicted molar refractivity (Wildman–Crippen MR) is 131 cm³/mol. The van der Waals surface area contributed by atoms with E-state index in [1.807, 2.05) is 0 Å². The fourth-order valence-corrected chi connectivity index (χ4v) is 5.35. The second-order valence-electron chi connectivity index (χ2n) is 9.31. The van der Waals surface area contributed by atoms with Crippen molar-refractivity contribution in [3.63, 3.8) is 0 Å². The first-order valence-corrected chi connectivity index (χ1v) is 12.9. The standard InChI is InChI=1S/C26H34N2O4S/c1-4-22-21(27-25(32-22)19-11-9-18(10-12-19)16(2)3)15-31-20-7-5-6-17(14-20)8-13-23-24(29)28-26(30)33-23/h9-12,16-17,20,29H,4-8,13-15H2,1-3H3,(H,28,30)/t17-,20-/m1/s1. The number of aromatic nitrogens is 2. The van der Waals surface area contributed by atoms with Crippen molar-refractivity contribution in [3.8, 4) is 17.3 Å². The van der Waals surface area contributed by atoms with Crippen LogP contribution in [0.15, 0.2) is 33.5 Å². The number of thiazole rings is 1. The molecule has 0 saturated heterocycles. The Morgan fingerprint density at radius 2 is 2.06 bits per heavy atom. The molecule has 2 N–H and O–H groups in total. The molecule has 2 aromatic heterocycles. The third-order valence-corrected chi connectivity index (χ3v) is 7.53. The largest absolute Gasteiger partial charge is 0.494 e. The number of nitrogens with one attached hydrogen (secondary N) is 1. The Morgan fingerprint density at radius 3 is 2.73 bits per heavy atom. The zero-order valence-corrected chi connectivity index (χ0v) is 20.5. The van der Waals surface area contributed by atoms with Gasteiger partial charge in [-0.2, -0.15) is 0 Å². The molecule has 1 aliphatic rings. The minimum Gasteiger partial charge on any atom is -0.494 e. The number of oxazole rings is 1. The first-order chi connectivity index (χ1) is 15.9. The van der Waals surface area contributed by atoms with Crippen molar-refractivity contribution in [2.45, 2.75) is 84.3 Å². The third kappa shape index (κ3) is 5.95. The van der Waals surface area contributed by atoms with Crippen LogP contribution in [0.2, 0.25) is 0 Å². The Morgan fingerprint density at radius 1 is 1.27 bits per heavy atom. The summed E-state index contributed by atoms with van der Waals surface area (Å²) in [6.07, 6.45) is 7.05. The molecule has 2 heterocycles. The summed E-state index contributed by atoms with van der Waals surface area (Å²) in [7, 11) is 0. The molecule has 1 saturated carbocycles. The molecule has 1 aliphatic carbocycles. The van der Waals surface area contributed by atoms with E-state index in [-0.39, 0.29) is 16.9 Å². The smallest absolute Gasteiger partial charge is 0.307 e. The molecule has 3 aromatic rings. The van der Waals surface area contributed by atoms with Gasteiger partial charge >= 0.3 is 4.87 Å². The highest BCUT2D eigenvalue weighted by molar-refractivity contribution is 7.09. The molecule has 2 atom stereocenters. The Hall–Kier alpha value is -2.38. The van der Waals surface area contributed by atoms with Gasteiger partial charge < -0.3 is 14.3 Å². The highest BCUT2D eigenvalue weighted by Gasteiger charge is 2.24. The molecular formula is C26H34N2O4S. The van der Waals surface area contributed by atoms with Crippen LogP contribution in [0.5, 0.6) is 5.88 Å². The molecule has 6 nitrogen and oxygen atoms in total. The molecule has 1 aromatic carbocycles. The van der Waals surface area contributed by atoms with Crippen LogP contribution < -0.4 is 4.87 Å². The van der Waals surface area contributed by atoms with Crippen LogP contribution in [-0.4, -0.2) is 21.2 Å². The zero-order chi connectivity index (χ0) is 23.4. The lowest BCUT2D eigenvalue weighted by atomic mass is 9.84. The van der Waals surface area contributed by atoms with E-state index in [2.05, 4.69) is 50.0 Å². The van der Waals surface area contributed by atoms with E-state index in [9.17, 15) is 9.90 Å². The molecule has 7 heteroatoms. The number of H-pyrrole nitrogens is 1. The number of benzene rings is 1. The second kappa shape index (κ2) is 10.7. The van der Waals surface area contributed by atoms with Crippen LogP contribution in [0.4, 0.5) is 0 Å². The molecular weight excluding hydrogens is 436 g/mol. The molecule has 33 heavy (non-hydrogen) atoms. The van der Waals surface area contributed by atoms with Crippen molar-refractivity contribution in [1.82, 2.24) is 9.97 Å². The molecule has 0 bridgehead atoms. The second-order valence-corrected chi connectivity index (χ2v) is 10.4. The van der Waals surface area contributed by atoms with Gasteiger partial charge in [-0.1, -0.05) is 57.1 Å². The fraction of sp³-hybridized carbons (Fsp3) is 0.538. The molecule has 1 fully saturated rings. The summed E-state index contributed by atoms with van der Waals surface area (Å²) >= 11 is 1.11. The van der Waals surface area contributed by atoms with E-state index < -0.39 is 0 Å². The Labute approximate surface area is 199 Å². The SMILES string of the molecule is CCc1oc(-c2ccc(C(C)C)cc2)nc1CO[C@@H]1CCC[C@H](CCc2sc(=O)[nH]c2O)C1. The van der Waals surface area contributed by atoms with Crippen molar-refractivity contribution in [2.24, 2.45) is 5.92 Å². The van der Waals surface area contributed by atoms with E-state index in [0.717, 1.165) is 71.8 Å². The minimum absolute atomic E-state index is 0.0291. The molecule has 178 valence electrons. The summed E-state index contributed by atoms with van der Waals surface area (Å²) < 4.78 is 12.4. The van der Waals surface area contributed by atoms with E-state index >= 15 is 0 Å². The molecule has 0 unspecified atom stereocenters. The first kappa shape index (κ1) is 23.8. The Bertz CT molecular complexity index is 1100. The van der Waals surface area contributed by atoms with Gasteiger partial charge in [-0.15, -0.1) is 0 Å². The summed E-state index contributed by atoms with van der Waals surface area (Å²) in [6.45, 7) is 6.92. The van der Waals surface area contributed by atoms with Crippen molar-refractivity contribution in [3.05, 3.63) is 55.8 Å². The van der Waals surface area contributed by atoms with Gasteiger partial charge in [-0.05, 0) is 55.2 Å². The van der Waals surface area contributed by atoms with E-state index in [1.165, 1.54) is 12.0 Å². The number of ether oxygens (including phenoxy) is 1. The molecule has 4 rings (SSSR count). The number of hydrogen-bond acceptors (Lipinski definition) is 6. The monoisotopic (exact) mass is 470 g/mol. The summed E-state index contributed by atoms with van der Waals surface area (Å²) in [5.74, 6) is 2.62. The number of nitrogens with zero attached hydrogens (tertiary/aromatic N) is 1. The zero-order valence-electron chi connectivity index (χ0n) is 19.7. The van der Waals surface area contributed by atoms with Crippen molar-refractivity contribution in [1.29, 1.82) is 0 Å². The Balaban J connectivity index is 1.34. The summed E-state index contributed by atoms with van der Waals surface area (Å²) in [4.78, 5) is 19.2. The number of hydrogen-bond donors (Lipinski definition) is 2. The Kier molecular flexibility index (Phi) is 7.71. The van der Waals surface area contributed by atoms with Gasteiger partial charge in [0.05, 0.1) is 17.6 Å². The number of aromatic amines is 1. The number of aryl methyl sites for hydroxylation is 2. The average molecular weight is 471 g/mol. The number of aromatic hydroxyl groups is 1. The van der Waals surface area contributed by atoms with E-state index in [0.29, 0.717) is 24.3 Å². The van der Waals surface area contributed by atoms with Gasteiger partial charge in [0, 0.05) is 12.0 Å².